The van der Waals surface area contributed by atoms with E-state index in [4.69, 9.17) is 23.2 Å². The summed E-state index contributed by atoms with van der Waals surface area (Å²) in [6.07, 6.45) is 1.64. The number of nitrogens with zero attached hydrogens (tertiary/aromatic N) is 4. The summed E-state index contributed by atoms with van der Waals surface area (Å²) < 4.78 is 2.03. The monoisotopic (exact) mass is 390 g/mol. The second-order valence-corrected chi connectivity index (χ2v) is 6.62. The van der Waals surface area contributed by atoms with Gasteiger partial charge in [0.05, 0.1) is 6.21 Å². The minimum atomic E-state index is -0.311. The van der Waals surface area contributed by atoms with E-state index in [2.05, 4.69) is 25.7 Å². The molecule has 0 saturated carbocycles. The number of aryl methyl sites for hydroxylation is 2. The lowest BCUT2D eigenvalue weighted by Gasteiger charge is -2.10. The molecular weight excluding hydrogens is 375 g/mol. The maximum Gasteiger partial charge on any atom is 0.274 e. The number of anilines is 1. The minimum Gasteiger partial charge on any atom is -0.318 e. The zero-order chi connectivity index (χ0) is 18.8. The summed E-state index contributed by atoms with van der Waals surface area (Å²) in [6.45, 7) is 5.53. The van der Waals surface area contributed by atoms with Crippen molar-refractivity contribution in [1.82, 2.24) is 19.7 Å². The maximum absolute atomic E-state index is 11.5. The Morgan fingerprint density at radius 1 is 1.12 bits per heavy atom. The number of aromatic nitrogens is 4. The van der Waals surface area contributed by atoms with Crippen LogP contribution in [-0.2, 0) is 0 Å². The van der Waals surface area contributed by atoms with Gasteiger partial charge in [-0.2, -0.15) is 5.10 Å². The second-order valence-electron chi connectivity index (χ2n) is 5.75. The highest BCUT2D eigenvalue weighted by Gasteiger charge is 2.11. The molecule has 0 fully saturated rings. The molecule has 1 aromatic carbocycles. The highest BCUT2D eigenvalue weighted by molar-refractivity contribution is 6.34. The molecule has 0 amide bonds. The van der Waals surface area contributed by atoms with E-state index in [1.165, 1.54) is 0 Å². The Balaban J connectivity index is 1.87. The van der Waals surface area contributed by atoms with Crippen LogP contribution in [0, 0.1) is 20.8 Å². The summed E-state index contributed by atoms with van der Waals surface area (Å²) in [7, 11) is 0. The van der Waals surface area contributed by atoms with Gasteiger partial charge in [0.25, 0.3) is 5.56 Å². The molecule has 2 heterocycles. The number of aromatic amines is 1. The molecule has 0 aliphatic rings. The Labute approximate surface area is 159 Å². The van der Waals surface area contributed by atoms with Crippen molar-refractivity contribution in [1.29, 1.82) is 0 Å². The number of hydrazone groups is 1. The average molecular weight is 391 g/mol. The molecule has 0 bridgehead atoms. The Bertz CT molecular complexity index is 1030. The highest BCUT2D eigenvalue weighted by Crippen LogP contribution is 2.26. The standard InChI is InChI=1S/C17H16Cl2N6O/c1-9-4-12(8-20-23-17-21-16(26)10(2)22-24-17)11(3)25(9)15-6-13(18)5-14(19)7-15/h4-8H,1-3H3,(H2,21,23,24,26)/b20-8-. The smallest absolute Gasteiger partial charge is 0.274 e. The van der Waals surface area contributed by atoms with Gasteiger partial charge in [0.1, 0.15) is 5.69 Å². The number of nitrogens with one attached hydrogen (secondary N) is 2. The first-order chi connectivity index (χ1) is 12.3. The van der Waals surface area contributed by atoms with Crippen LogP contribution in [0.25, 0.3) is 5.69 Å². The van der Waals surface area contributed by atoms with Crippen molar-refractivity contribution in [2.24, 2.45) is 5.10 Å². The number of hydrogen-bond acceptors (Lipinski definition) is 5. The van der Waals surface area contributed by atoms with Crippen molar-refractivity contribution in [2.75, 3.05) is 5.43 Å². The summed E-state index contributed by atoms with van der Waals surface area (Å²) >= 11 is 12.2. The van der Waals surface area contributed by atoms with Crippen molar-refractivity contribution < 1.29 is 0 Å². The molecule has 0 spiro atoms. The molecule has 134 valence electrons. The second kappa shape index (κ2) is 7.31. The van der Waals surface area contributed by atoms with Crippen molar-refractivity contribution in [3.8, 4) is 5.69 Å². The quantitative estimate of drug-likeness (QED) is 0.525. The molecule has 0 radical (unpaired) electrons. The zero-order valence-electron chi connectivity index (χ0n) is 14.3. The van der Waals surface area contributed by atoms with Gasteiger partial charge < -0.3 is 4.57 Å². The van der Waals surface area contributed by atoms with E-state index in [0.29, 0.717) is 15.7 Å². The van der Waals surface area contributed by atoms with Gasteiger partial charge in [-0.05, 0) is 45.0 Å². The first kappa shape index (κ1) is 18.2. The Hall–Kier alpha value is -2.64. The third-order valence-corrected chi connectivity index (χ3v) is 4.25. The SMILES string of the molecule is Cc1nnc(N/N=C\c2cc(C)n(-c3cc(Cl)cc(Cl)c3)c2C)[nH]c1=O. The Morgan fingerprint density at radius 3 is 2.46 bits per heavy atom. The fraction of sp³-hybridized carbons (Fsp3) is 0.176. The largest absolute Gasteiger partial charge is 0.318 e. The molecule has 0 saturated heterocycles. The first-order valence-electron chi connectivity index (χ1n) is 7.73. The van der Waals surface area contributed by atoms with Crippen LogP contribution in [0.5, 0.6) is 0 Å². The topological polar surface area (TPSA) is 88.0 Å². The summed E-state index contributed by atoms with van der Waals surface area (Å²) in [5.41, 5.74) is 6.39. The van der Waals surface area contributed by atoms with E-state index in [-0.39, 0.29) is 11.5 Å². The number of hydrogen-bond donors (Lipinski definition) is 2. The van der Waals surface area contributed by atoms with Crippen LogP contribution in [0.3, 0.4) is 0 Å². The van der Waals surface area contributed by atoms with Crippen LogP contribution in [-0.4, -0.2) is 26.0 Å². The lowest BCUT2D eigenvalue weighted by molar-refractivity contribution is 0.897. The van der Waals surface area contributed by atoms with Gasteiger partial charge in [-0.3, -0.25) is 9.78 Å². The number of benzene rings is 1. The van der Waals surface area contributed by atoms with E-state index in [9.17, 15) is 4.79 Å². The molecule has 0 aliphatic heterocycles. The van der Waals surface area contributed by atoms with Crippen molar-refractivity contribution in [2.45, 2.75) is 20.8 Å². The van der Waals surface area contributed by atoms with Crippen LogP contribution >= 0.6 is 23.2 Å². The fourth-order valence-corrected chi connectivity index (χ4v) is 3.11. The molecule has 3 aromatic rings. The summed E-state index contributed by atoms with van der Waals surface area (Å²) in [5, 5.41) is 12.8. The van der Waals surface area contributed by atoms with Crippen molar-refractivity contribution in [3.63, 3.8) is 0 Å². The number of halogens is 2. The molecule has 0 unspecified atom stereocenters. The van der Waals surface area contributed by atoms with Gasteiger partial charge in [0.15, 0.2) is 0 Å². The lowest BCUT2D eigenvalue weighted by Crippen LogP contribution is -2.15. The van der Waals surface area contributed by atoms with Crippen LogP contribution in [0.2, 0.25) is 10.0 Å². The maximum atomic E-state index is 11.5. The zero-order valence-corrected chi connectivity index (χ0v) is 15.9. The van der Waals surface area contributed by atoms with Gasteiger partial charge in [0.2, 0.25) is 5.95 Å². The third kappa shape index (κ3) is 3.79. The van der Waals surface area contributed by atoms with E-state index in [0.717, 1.165) is 22.6 Å². The summed E-state index contributed by atoms with van der Waals surface area (Å²) in [5.74, 6) is 0.173. The van der Waals surface area contributed by atoms with Gasteiger partial charge in [0, 0.05) is 32.7 Å². The van der Waals surface area contributed by atoms with Gasteiger partial charge in [-0.1, -0.05) is 23.2 Å². The predicted octanol–water partition coefficient (Wildman–Crippen LogP) is 3.63. The molecule has 26 heavy (non-hydrogen) atoms. The molecule has 7 nitrogen and oxygen atoms in total. The fourth-order valence-electron chi connectivity index (χ4n) is 2.59. The summed E-state index contributed by atoms with van der Waals surface area (Å²) in [6, 6.07) is 7.37. The Kier molecular flexibility index (Phi) is 5.11. The first-order valence-corrected chi connectivity index (χ1v) is 8.49. The average Bonchev–Trinajstić information content (AvgIpc) is 2.84. The number of rotatable bonds is 4. The predicted molar refractivity (Wildman–Crippen MR) is 104 cm³/mol. The Morgan fingerprint density at radius 2 is 1.81 bits per heavy atom. The van der Waals surface area contributed by atoms with Crippen LogP contribution in [0.1, 0.15) is 22.6 Å². The molecule has 0 atom stereocenters. The van der Waals surface area contributed by atoms with Crippen molar-refractivity contribution in [3.05, 3.63) is 67.3 Å². The van der Waals surface area contributed by atoms with E-state index < -0.39 is 0 Å². The summed E-state index contributed by atoms with van der Waals surface area (Å²) in [4.78, 5) is 14.1. The minimum absolute atomic E-state index is 0.173. The van der Waals surface area contributed by atoms with Gasteiger partial charge in [-0.15, -0.1) is 10.2 Å². The van der Waals surface area contributed by atoms with Gasteiger partial charge in [-0.25, -0.2) is 5.43 Å². The molecule has 2 aromatic heterocycles. The number of H-pyrrole nitrogens is 1. The van der Waals surface area contributed by atoms with Crippen LogP contribution in [0.15, 0.2) is 34.2 Å². The van der Waals surface area contributed by atoms with Crippen LogP contribution < -0.4 is 11.0 Å². The van der Waals surface area contributed by atoms with E-state index >= 15 is 0 Å². The molecule has 0 aliphatic carbocycles. The molecule has 2 N–H and O–H groups in total. The lowest BCUT2D eigenvalue weighted by atomic mass is 10.2. The highest BCUT2D eigenvalue weighted by atomic mass is 35.5. The molecular formula is C17H16Cl2N6O. The van der Waals surface area contributed by atoms with E-state index in [1.54, 1.807) is 19.2 Å². The normalized spacial score (nSPS) is 11.3. The third-order valence-electron chi connectivity index (χ3n) is 3.81. The van der Waals surface area contributed by atoms with Crippen LogP contribution in [0.4, 0.5) is 5.95 Å². The van der Waals surface area contributed by atoms with Gasteiger partial charge >= 0.3 is 0 Å². The molecule has 3 rings (SSSR count). The van der Waals surface area contributed by atoms with E-state index in [1.807, 2.05) is 36.6 Å². The van der Waals surface area contributed by atoms with Crippen molar-refractivity contribution >= 4 is 35.4 Å². The molecule has 9 heteroatoms.